The highest BCUT2D eigenvalue weighted by molar-refractivity contribution is 9.10. The van der Waals surface area contributed by atoms with Gasteiger partial charge in [-0.1, -0.05) is 45.6 Å². The lowest BCUT2D eigenvalue weighted by Gasteiger charge is -2.17. The molecule has 1 aromatic rings. The van der Waals surface area contributed by atoms with Crippen LogP contribution in [-0.2, 0) is 0 Å². The maximum absolute atomic E-state index is 6.34. The van der Waals surface area contributed by atoms with E-state index in [0.717, 1.165) is 27.9 Å². The molecule has 0 bridgehead atoms. The van der Waals surface area contributed by atoms with E-state index in [1.807, 2.05) is 18.2 Å². The summed E-state index contributed by atoms with van der Waals surface area (Å²) in [7, 11) is 0. The third kappa shape index (κ3) is 3.34. The van der Waals surface area contributed by atoms with E-state index in [9.17, 15) is 0 Å². The van der Waals surface area contributed by atoms with Crippen molar-refractivity contribution < 1.29 is 0 Å². The zero-order valence-electron chi connectivity index (χ0n) is 9.76. The van der Waals surface area contributed by atoms with Crippen LogP contribution in [0.1, 0.15) is 43.7 Å². The zero-order valence-corrected chi connectivity index (χ0v) is 12.1. The molecule has 0 heterocycles. The van der Waals surface area contributed by atoms with Crippen LogP contribution >= 0.6 is 27.5 Å². The minimum atomic E-state index is -0.0573. The van der Waals surface area contributed by atoms with Gasteiger partial charge in [-0.3, -0.25) is 0 Å². The Balaban J connectivity index is 2.26. The van der Waals surface area contributed by atoms with E-state index >= 15 is 0 Å². The molecule has 1 atom stereocenters. The van der Waals surface area contributed by atoms with Crippen molar-refractivity contribution in [1.29, 1.82) is 0 Å². The van der Waals surface area contributed by atoms with Crippen LogP contribution < -0.4 is 5.73 Å². The zero-order chi connectivity index (χ0) is 12.3. The summed E-state index contributed by atoms with van der Waals surface area (Å²) in [6, 6.07) is 5.81. The largest absolute Gasteiger partial charge is 0.320 e. The second-order valence-electron chi connectivity index (χ2n) is 4.52. The fraction of sp³-hybridized carbons (Fsp3) is 0.429. The number of hydrogen-bond acceptors (Lipinski definition) is 1. The Kier molecular flexibility index (Phi) is 4.66. The fourth-order valence-electron chi connectivity index (χ4n) is 2.27. The van der Waals surface area contributed by atoms with Crippen LogP contribution in [0.4, 0.5) is 0 Å². The van der Waals surface area contributed by atoms with Crippen LogP contribution in [0, 0.1) is 0 Å². The van der Waals surface area contributed by atoms with Gasteiger partial charge in [-0.15, -0.1) is 0 Å². The maximum atomic E-state index is 6.34. The van der Waals surface area contributed by atoms with Gasteiger partial charge in [0.15, 0.2) is 0 Å². The van der Waals surface area contributed by atoms with Gasteiger partial charge in [0, 0.05) is 9.50 Å². The first-order valence-corrected chi connectivity index (χ1v) is 7.25. The molecule has 0 saturated heterocycles. The summed E-state index contributed by atoms with van der Waals surface area (Å²) >= 11 is 9.69. The molecule has 0 spiro atoms. The van der Waals surface area contributed by atoms with Crippen LogP contribution in [0.2, 0.25) is 5.02 Å². The Hall–Kier alpha value is -0.310. The quantitative estimate of drug-likeness (QED) is 0.764. The predicted octanol–water partition coefficient (Wildman–Crippen LogP) is 4.99. The lowest BCUT2D eigenvalue weighted by atomic mass is 9.96. The van der Waals surface area contributed by atoms with Gasteiger partial charge in [0.25, 0.3) is 0 Å². The van der Waals surface area contributed by atoms with Crippen LogP contribution in [-0.4, -0.2) is 0 Å². The summed E-state index contributed by atoms with van der Waals surface area (Å²) in [4.78, 5) is 0. The molecule has 0 radical (unpaired) electrons. The molecule has 3 heteroatoms. The smallest absolute Gasteiger partial charge is 0.0526 e. The summed E-state index contributed by atoms with van der Waals surface area (Å²) in [5.74, 6) is 0. The highest BCUT2D eigenvalue weighted by Crippen LogP contribution is 2.32. The van der Waals surface area contributed by atoms with Gasteiger partial charge in [-0.25, -0.2) is 0 Å². The van der Waals surface area contributed by atoms with Crippen molar-refractivity contribution in [2.24, 2.45) is 5.73 Å². The maximum Gasteiger partial charge on any atom is 0.0526 e. The van der Waals surface area contributed by atoms with Gasteiger partial charge in [-0.2, -0.15) is 0 Å². The van der Waals surface area contributed by atoms with E-state index in [1.165, 1.54) is 24.8 Å². The summed E-state index contributed by atoms with van der Waals surface area (Å²) in [5, 5.41) is 0.755. The van der Waals surface area contributed by atoms with E-state index < -0.39 is 0 Å². The minimum absolute atomic E-state index is 0.0573. The number of benzene rings is 1. The van der Waals surface area contributed by atoms with Gasteiger partial charge < -0.3 is 5.73 Å². The first-order valence-electron chi connectivity index (χ1n) is 6.08. The highest BCUT2D eigenvalue weighted by atomic mass is 79.9. The molecule has 0 saturated carbocycles. The Morgan fingerprint density at radius 3 is 2.88 bits per heavy atom. The topological polar surface area (TPSA) is 26.0 Å². The summed E-state index contributed by atoms with van der Waals surface area (Å²) in [6.07, 6.45) is 8.38. The van der Waals surface area contributed by atoms with Crippen molar-refractivity contribution in [3.8, 4) is 0 Å². The van der Waals surface area contributed by atoms with Gasteiger partial charge in [0.1, 0.15) is 0 Å². The Labute approximate surface area is 116 Å². The van der Waals surface area contributed by atoms with E-state index in [1.54, 1.807) is 0 Å². The molecule has 17 heavy (non-hydrogen) atoms. The molecule has 1 nitrogen and oxygen atoms in total. The van der Waals surface area contributed by atoms with Gasteiger partial charge in [0.05, 0.1) is 6.04 Å². The van der Waals surface area contributed by atoms with E-state index in [-0.39, 0.29) is 6.04 Å². The van der Waals surface area contributed by atoms with Crippen molar-refractivity contribution >= 4 is 27.5 Å². The molecule has 92 valence electrons. The van der Waals surface area contributed by atoms with Gasteiger partial charge >= 0.3 is 0 Å². The molecule has 0 aromatic heterocycles. The number of halogens is 2. The summed E-state index contributed by atoms with van der Waals surface area (Å²) in [6.45, 7) is 0. The van der Waals surface area contributed by atoms with Crippen molar-refractivity contribution in [3.63, 3.8) is 0 Å². The Morgan fingerprint density at radius 1 is 1.24 bits per heavy atom. The molecular formula is C14H17BrClN. The molecule has 1 aromatic carbocycles. The SMILES string of the molecule is NC(C1=CCCCCC1)c1cc(Br)ccc1Cl. The van der Waals surface area contributed by atoms with Crippen molar-refractivity contribution in [2.45, 2.75) is 38.1 Å². The number of nitrogens with two attached hydrogens (primary N) is 1. The Morgan fingerprint density at radius 2 is 2.06 bits per heavy atom. The fourth-order valence-corrected chi connectivity index (χ4v) is 2.89. The first-order chi connectivity index (χ1) is 8.18. The number of allylic oxidation sites excluding steroid dienone is 1. The lowest BCUT2D eigenvalue weighted by Crippen LogP contribution is -2.13. The first kappa shape index (κ1) is 13.1. The van der Waals surface area contributed by atoms with E-state index in [0.29, 0.717) is 0 Å². The highest BCUT2D eigenvalue weighted by Gasteiger charge is 2.16. The van der Waals surface area contributed by atoms with Crippen LogP contribution in [0.3, 0.4) is 0 Å². The second kappa shape index (κ2) is 6.03. The number of rotatable bonds is 2. The van der Waals surface area contributed by atoms with E-state index in [2.05, 4.69) is 22.0 Å². The Bertz CT molecular complexity index is 428. The molecule has 1 aliphatic rings. The molecule has 0 fully saturated rings. The lowest BCUT2D eigenvalue weighted by molar-refractivity contribution is 0.688. The van der Waals surface area contributed by atoms with Crippen molar-refractivity contribution in [1.82, 2.24) is 0 Å². The van der Waals surface area contributed by atoms with Crippen LogP contribution in [0.15, 0.2) is 34.3 Å². The van der Waals surface area contributed by atoms with Gasteiger partial charge in [-0.05, 0) is 49.4 Å². The third-order valence-electron chi connectivity index (χ3n) is 3.27. The normalized spacial score (nSPS) is 18.4. The minimum Gasteiger partial charge on any atom is -0.320 e. The molecule has 0 aliphatic heterocycles. The molecule has 0 amide bonds. The molecule has 1 aliphatic carbocycles. The summed E-state index contributed by atoms with van der Waals surface area (Å²) < 4.78 is 1.03. The van der Waals surface area contributed by atoms with Crippen LogP contribution in [0.5, 0.6) is 0 Å². The average molecular weight is 315 g/mol. The van der Waals surface area contributed by atoms with Crippen molar-refractivity contribution in [2.75, 3.05) is 0 Å². The van der Waals surface area contributed by atoms with Crippen molar-refractivity contribution in [3.05, 3.63) is 44.9 Å². The molecular weight excluding hydrogens is 298 g/mol. The van der Waals surface area contributed by atoms with Crippen LogP contribution in [0.25, 0.3) is 0 Å². The third-order valence-corrected chi connectivity index (χ3v) is 4.11. The average Bonchev–Trinajstić information content (AvgIpc) is 2.60. The van der Waals surface area contributed by atoms with E-state index in [4.69, 9.17) is 17.3 Å². The standard InChI is InChI=1S/C14H17BrClN/c15-11-7-8-13(16)12(9-11)14(17)10-5-3-1-2-4-6-10/h5,7-9,14H,1-4,6,17H2. The predicted molar refractivity (Wildman–Crippen MR) is 77.2 cm³/mol. The monoisotopic (exact) mass is 313 g/mol. The second-order valence-corrected chi connectivity index (χ2v) is 5.84. The molecule has 2 N–H and O–H groups in total. The van der Waals surface area contributed by atoms with Gasteiger partial charge in [0.2, 0.25) is 0 Å². The number of hydrogen-bond donors (Lipinski definition) is 1. The summed E-state index contributed by atoms with van der Waals surface area (Å²) in [5.41, 5.74) is 8.69. The molecule has 1 unspecified atom stereocenters. The molecule has 2 rings (SSSR count).